The Morgan fingerprint density at radius 2 is 2.00 bits per heavy atom. The summed E-state index contributed by atoms with van der Waals surface area (Å²) in [5.74, 6) is -0.663. The molecule has 1 saturated heterocycles. The molecule has 1 aliphatic carbocycles. The molecule has 1 aliphatic heterocycles. The summed E-state index contributed by atoms with van der Waals surface area (Å²) in [5, 5.41) is 12.8. The summed E-state index contributed by atoms with van der Waals surface area (Å²) in [6, 6.07) is 1.23. The van der Waals surface area contributed by atoms with E-state index in [1.165, 1.54) is 0 Å². The molecule has 2 atom stereocenters. The number of carbonyl (C=O) groups excluding carboxylic acids is 1. The fourth-order valence-electron chi connectivity index (χ4n) is 3.47. The number of alkyl halides is 3. The van der Waals surface area contributed by atoms with Gasteiger partial charge in [-0.05, 0) is 31.4 Å². The molecule has 6 nitrogen and oxygen atoms in total. The molecule has 2 heterocycles. The van der Waals surface area contributed by atoms with E-state index in [0.29, 0.717) is 38.5 Å². The lowest BCUT2D eigenvalue weighted by Crippen LogP contribution is -2.65. The van der Waals surface area contributed by atoms with Crippen LogP contribution in [0.25, 0.3) is 0 Å². The maximum absolute atomic E-state index is 12.6. The number of rotatable bonds is 2. The van der Waals surface area contributed by atoms with Gasteiger partial charge in [0.2, 0.25) is 0 Å². The van der Waals surface area contributed by atoms with E-state index in [4.69, 9.17) is 4.74 Å². The molecular weight excluding hydrogens is 329 g/mol. The molecule has 0 bridgehead atoms. The number of halogens is 3. The van der Waals surface area contributed by atoms with Crippen molar-refractivity contribution in [3.8, 4) is 0 Å². The van der Waals surface area contributed by atoms with E-state index in [-0.39, 0.29) is 11.7 Å². The first-order chi connectivity index (χ1) is 11.2. The van der Waals surface area contributed by atoms with Crippen LogP contribution in [0.1, 0.15) is 35.3 Å². The lowest BCUT2D eigenvalue weighted by molar-refractivity contribution is -0.145. The van der Waals surface area contributed by atoms with Gasteiger partial charge in [0.1, 0.15) is 11.3 Å². The Bertz CT molecular complexity index is 695. The third-order valence-electron chi connectivity index (χ3n) is 5.01. The van der Waals surface area contributed by atoms with Gasteiger partial charge in [0.15, 0.2) is 0 Å². The third-order valence-corrected chi connectivity index (χ3v) is 5.01. The molecule has 1 aromatic heterocycles. The van der Waals surface area contributed by atoms with E-state index in [1.807, 2.05) is 4.98 Å². The van der Waals surface area contributed by atoms with Crippen LogP contribution in [0, 0.1) is 5.41 Å². The smallest absolute Gasteiger partial charge is 0.392 e. The minimum atomic E-state index is -4.77. The van der Waals surface area contributed by atoms with Gasteiger partial charge >= 0.3 is 6.18 Å². The fourth-order valence-corrected chi connectivity index (χ4v) is 3.47. The van der Waals surface area contributed by atoms with Crippen molar-refractivity contribution < 1.29 is 27.8 Å². The van der Waals surface area contributed by atoms with Crippen LogP contribution in [0.4, 0.5) is 13.2 Å². The molecule has 24 heavy (non-hydrogen) atoms. The zero-order valence-electron chi connectivity index (χ0n) is 12.7. The average molecular weight is 346 g/mol. The summed E-state index contributed by atoms with van der Waals surface area (Å²) in [4.78, 5) is 25.7. The summed E-state index contributed by atoms with van der Waals surface area (Å²) >= 11 is 0. The summed E-state index contributed by atoms with van der Waals surface area (Å²) in [7, 11) is 0. The topological polar surface area (TPSA) is 91.4 Å². The highest BCUT2D eigenvalue weighted by atomic mass is 19.4. The summed E-state index contributed by atoms with van der Waals surface area (Å²) < 4.78 is 43.0. The maximum Gasteiger partial charge on any atom is 0.421 e. The standard InChI is InChI=1S/C15H17F3N2O4/c16-15(17,18)8-1-2-9(19-12(8)22)13(23)20-10-7-11(21)14(10)3-5-24-6-4-14/h1-2,10-11,21H,3-7H2,(H,19,22)(H,20,23)/t10-,11-/m1/s1. The molecule has 2 aliphatic rings. The van der Waals surface area contributed by atoms with Gasteiger partial charge in [-0.1, -0.05) is 0 Å². The lowest BCUT2D eigenvalue weighted by atomic mass is 9.58. The van der Waals surface area contributed by atoms with Crippen LogP contribution in [-0.4, -0.2) is 41.4 Å². The van der Waals surface area contributed by atoms with Crippen LogP contribution in [0.5, 0.6) is 0 Å². The van der Waals surface area contributed by atoms with Crippen molar-refractivity contribution in [1.29, 1.82) is 0 Å². The number of nitrogens with one attached hydrogen (secondary N) is 2. The van der Waals surface area contributed by atoms with Crippen molar-refractivity contribution >= 4 is 5.91 Å². The Hall–Kier alpha value is -1.87. The maximum atomic E-state index is 12.6. The lowest BCUT2D eigenvalue weighted by Gasteiger charge is -2.55. The van der Waals surface area contributed by atoms with Gasteiger partial charge in [0, 0.05) is 24.7 Å². The SMILES string of the molecule is O=C(N[C@@H]1C[C@@H](O)C12CCOCC2)c1ccc(C(F)(F)F)c(=O)[nH]1. The Morgan fingerprint density at radius 1 is 1.33 bits per heavy atom. The van der Waals surface area contributed by atoms with Crippen molar-refractivity contribution in [1.82, 2.24) is 10.3 Å². The van der Waals surface area contributed by atoms with Crippen molar-refractivity contribution in [3.05, 3.63) is 33.7 Å². The van der Waals surface area contributed by atoms with Gasteiger partial charge in [-0.3, -0.25) is 9.59 Å². The van der Waals surface area contributed by atoms with Crippen molar-refractivity contribution in [2.45, 2.75) is 37.6 Å². The minimum Gasteiger partial charge on any atom is -0.392 e. The Kier molecular flexibility index (Phi) is 4.16. The van der Waals surface area contributed by atoms with Crippen LogP contribution < -0.4 is 10.9 Å². The number of aromatic amines is 1. The number of ether oxygens (including phenoxy) is 1. The Morgan fingerprint density at radius 3 is 2.54 bits per heavy atom. The van der Waals surface area contributed by atoms with Gasteiger partial charge in [-0.2, -0.15) is 13.2 Å². The highest BCUT2D eigenvalue weighted by Gasteiger charge is 2.55. The van der Waals surface area contributed by atoms with Crippen molar-refractivity contribution in [2.24, 2.45) is 5.41 Å². The molecule has 1 amide bonds. The second kappa shape index (κ2) is 5.89. The molecule has 0 aromatic carbocycles. The molecule has 0 radical (unpaired) electrons. The van der Waals surface area contributed by atoms with Crippen molar-refractivity contribution in [2.75, 3.05) is 13.2 Å². The summed E-state index contributed by atoms with van der Waals surface area (Å²) in [5.41, 5.74) is -3.40. The number of aliphatic hydroxyl groups excluding tert-OH is 1. The van der Waals surface area contributed by atoms with Crippen LogP contribution in [0.15, 0.2) is 16.9 Å². The van der Waals surface area contributed by atoms with Crippen LogP contribution in [-0.2, 0) is 10.9 Å². The molecule has 0 unspecified atom stereocenters. The highest BCUT2D eigenvalue weighted by molar-refractivity contribution is 5.92. The number of aliphatic hydroxyl groups is 1. The normalized spacial score (nSPS) is 26.0. The average Bonchev–Trinajstić information content (AvgIpc) is 2.54. The molecule has 3 rings (SSSR count). The predicted octanol–water partition coefficient (Wildman–Crippen LogP) is 1.05. The van der Waals surface area contributed by atoms with Gasteiger partial charge in [0.05, 0.1) is 6.10 Å². The Balaban J connectivity index is 1.74. The van der Waals surface area contributed by atoms with E-state index in [1.54, 1.807) is 0 Å². The number of pyridine rings is 1. The largest absolute Gasteiger partial charge is 0.421 e. The monoisotopic (exact) mass is 346 g/mol. The predicted molar refractivity (Wildman–Crippen MR) is 76.4 cm³/mol. The molecule has 2 fully saturated rings. The quantitative estimate of drug-likeness (QED) is 0.747. The molecule has 132 valence electrons. The zero-order chi connectivity index (χ0) is 17.5. The van der Waals surface area contributed by atoms with Gasteiger partial charge in [0.25, 0.3) is 11.5 Å². The molecule has 9 heteroatoms. The number of hydrogen-bond donors (Lipinski definition) is 3. The minimum absolute atomic E-state index is 0.239. The highest BCUT2D eigenvalue weighted by Crippen LogP contribution is 2.49. The van der Waals surface area contributed by atoms with E-state index in [9.17, 15) is 27.9 Å². The van der Waals surface area contributed by atoms with Gasteiger partial charge in [-0.25, -0.2) is 0 Å². The first-order valence-electron chi connectivity index (χ1n) is 7.61. The van der Waals surface area contributed by atoms with Gasteiger partial charge < -0.3 is 20.1 Å². The van der Waals surface area contributed by atoms with E-state index in [2.05, 4.69) is 5.32 Å². The second-order valence-corrected chi connectivity index (χ2v) is 6.24. The Labute approximate surface area is 135 Å². The second-order valence-electron chi connectivity index (χ2n) is 6.24. The van der Waals surface area contributed by atoms with Crippen LogP contribution in [0.3, 0.4) is 0 Å². The zero-order valence-corrected chi connectivity index (χ0v) is 12.7. The molecular formula is C15H17F3N2O4. The number of hydrogen-bond acceptors (Lipinski definition) is 4. The van der Waals surface area contributed by atoms with E-state index < -0.39 is 34.7 Å². The van der Waals surface area contributed by atoms with E-state index in [0.717, 1.165) is 6.07 Å². The summed E-state index contributed by atoms with van der Waals surface area (Å²) in [6.45, 7) is 0.973. The first-order valence-corrected chi connectivity index (χ1v) is 7.61. The number of H-pyrrole nitrogens is 1. The first kappa shape index (κ1) is 17.0. The molecule has 1 aromatic rings. The molecule has 3 N–H and O–H groups in total. The molecule has 1 spiro atoms. The van der Waals surface area contributed by atoms with Crippen molar-refractivity contribution in [3.63, 3.8) is 0 Å². The van der Waals surface area contributed by atoms with Crippen LogP contribution >= 0.6 is 0 Å². The number of carbonyl (C=O) groups is 1. The number of aromatic nitrogens is 1. The fraction of sp³-hybridized carbons (Fsp3) is 0.600. The molecule has 1 saturated carbocycles. The van der Waals surface area contributed by atoms with Gasteiger partial charge in [-0.15, -0.1) is 0 Å². The summed E-state index contributed by atoms with van der Waals surface area (Å²) in [6.07, 6.45) is -3.74. The van der Waals surface area contributed by atoms with E-state index >= 15 is 0 Å². The van der Waals surface area contributed by atoms with Crippen LogP contribution in [0.2, 0.25) is 0 Å². The third kappa shape index (κ3) is 2.82. The number of amides is 1.